The second-order valence-electron chi connectivity index (χ2n) is 7.49. The van der Waals surface area contributed by atoms with Crippen LogP contribution in [0.2, 0.25) is 0 Å². The zero-order valence-electron chi connectivity index (χ0n) is 18.5. The van der Waals surface area contributed by atoms with Gasteiger partial charge in [-0.1, -0.05) is 48.5 Å². The molecule has 2 aromatic carbocycles. The Kier molecular flexibility index (Phi) is 8.18. The summed E-state index contributed by atoms with van der Waals surface area (Å²) in [5, 5.41) is 12.5. The number of nitrogens with one attached hydrogen (secondary N) is 1. The fraction of sp³-hybridized carbons (Fsp3) is 0.160. The predicted octanol–water partition coefficient (Wildman–Crippen LogP) is 4.43. The first kappa shape index (κ1) is 24.0. The molecule has 3 aromatic rings. The van der Waals surface area contributed by atoms with Crippen LogP contribution in [-0.2, 0) is 17.8 Å². The molecule has 170 valence electrons. The van der Waals surface area contributed by atoms with E-state index in [2.05, 4.69) is 28.7 Å². The van der Waals surface area contributed by atoms with Crippen molar-refractivity contribution in [2.75, 3.05) is 11.9 Å². The number of hydrazine groups is 1. The molecule has 8 heteroatoms. The van der Waals surface area contributed by atoms with Gasteiger partial charge in [-0.2, -0.15) is 5.10 Å². The largest absolute Gasteiger partial charge is 0.370 e. The number of carbonyl (C=O) groups is 1. The molecule has 0 atom stereocenters. The number of hydrogen-bond donors (Lipinski definition) is 2. The van der Waals surface area contributed by atoms with E-state index in [0.29, 0.717) is 13.0 Å². The van der Waals surface area contributed by atoms with Gasteiger partial charge in [0.1, 0.15) is 0 Å². The third kappa shape index (κ3) is 6.19. The van der Waals surface area contributed by atoms with Crippen molar-refractivity contribution in [2.45, 2.75) is 19.4 Å². The Morgan fingerprint density at radius 2 is 1.94 bits per heavy atom. The van der Waals surface area contributed by atoms with Crippen molar-refractivity contribution in [3.05, 3.63) is 102 Å². The van der Waals surface area contributed by atoms with Gasteiger partial charge in [-0.3, -0.25) is 4.79 Å². The highest BCUT2D eigenvalue weighted by molar-refractivity contribution is 6.31. The standard InChI is InChI=1S/C25H27ClN6O/c1-19(26)23(14-15-27)32(28)25(33)13-10-21-6-3-4-7-24(21)30(2)18-20-8-11-22(12-9-20)31-17-5-16-29-31/h3-9,11-12,14-17,27H,1,10,13,18,28H2,2H3/b23-14+,27-15?. The van der Waals surface area contributed by atoms with Crippen LogP contribution in [0.15, 0.2) is 90.4 Å². The number of para-hydroxylation sites is 1. The van der Waals surface area contributed by atoms with Gasteiger partial charge in [0.2, 0.25) is 5.91 Å². The van der Waals surface area contributed by atoms with Crippen LogP contribution in [0.1, 0.15) is 17.5 Å². The van der Waals surface area contributed by atoms with Crippen molar-refractivity contribution in [1.29, 1.82) is 5.41 Å². The monoisotopic (exact) mass is 462 g/mol. The SMILES string of the molecule is C=C(Cl)/C(=C\C=N)N(N)C(=O)CCc1ccccc1N(C)Cc1ccc(-n2cccn2)cc1. The molecule has 0 fully saturated rings. The quantitative estimate of drug-likeness (QED) is 0.153. The number of hydrogen-bond acceptors (Lipinski definition) is 5. The summed E-state index contributed by atoms with van der Waals surface area (Å²) < 4.78 is 1.82. The number of anilines is 1. The summed E-state index contributed by atoms with van der Waals surface area (Å²) in [6.45, 7) is 4.32. The number of nitrogens with two attached hydrogens (primary N) is 1. The van der Waals surface area contributed by atoms with E-state index in [4.69, 9.17) is 22.9 Å². The normalized spacial score (nSPS) is 11.2. The van der Waals surface area contributed by atoms with Crippen LogP contribution in [0.4, 0.5) is 5.69 Å². The van der Waals surface area contributed by atoms with Crippen LogP contribution < -0.4 is 10.7 Å². The van der Waals surface area contributed by atoms with Crippen LogP contribution in [0, 0.1) is 5.41 Å². The van der Waals surface area contributed by atoms with E-state index in [1.807, 2.05) is 60.4 Å². The van der Waals surface area contributed by atoms with Crippen molar-refractivity contribution in [2.24, 2.45) is 5.84 Å². The number of nitrogens with zero attached hydrogens (tertiary/aromatic N) is 4. The number of halogens is 1. The summed E-state index contributed by atoms with van der Waals surface area (Å²) in [5.74, 6) is 5.60. The van der Waals surface area contributed by atoms with Crippen LogP contribution >= 0.6 is 11.6 Å². The molecule has 1 aromatic heterocycles. The molecule has 0 unspecified atom stereocenters. The number of amides is 1. The highest BCUT2D eigenvalue weighted by Gasteiger charge is 2.17. The lowest BCUT2D eigenvalue weighted by Gasteiger charge is -2.23. The number of carbonyl (C=O) groups excluding carboxylic acids is 1. The van der Waals surface area contributed by atoms with Crippen LogP contribution in [0.3, 0.4) is 0 Å². The third-order valence-corrected chi connectivity index (χ3v) is 5.38. The lowest BCUT2D eigenvalue weighted by Crippen LogP contribution is -2.37. The average Bonchev–Trinajstić information content (AvgIpc) is 3.36. The van der Waals surface area contributed by atoms with E-state index in [1.54, 1.807) is 6.20 Å². The zero-order valence-corrected chi connectivity index (χ0v) is 19.2. The van der Waals surface area contributed by atoms with Gasteiger partial charge in [-0.05, 0) is 47.9 Å². The molecular weight excluding hydrogens is 436 g/mol. The fourth-order valence-corrected chi connectivity index (χ4v) is 3.66. The highest BCUT2D eigenvalue weighted by Crippen LogP contribution is 2.24. The average molecular weight is 463 g/mol. The van der Waals surface area contributed by atoms with Crippen molar-refractivity contribution in [3.63, 3.8) is 0 Å². The Morgan fingerprint density at radius 1 is 1.21 bits per heavy atom. The molecule has 3 rings (SSSR count). The summed E-state index contributed by atoms with van der Waals surface area (Å²) in [6, 6.07) is 18.1. The van der Waals surface area contributed by atoms with Gasteiger partial charge in [-0.25, -0.2) is 15.5 Å². The van der Waals surface area contributed by atoms with E-state index < -0.39 is 0 Å². The topological polar surface area (TPSA) is 91.2 Å². The number of aryl methyl sites for hydroxylation is 1. The van der Waals surface area contributed by atoms with Crippen LogP contribution in [-0.4, -0.2) is 34.0 Å². The minimum Gasteiger partial charge on any atom is -0.370 e. The lowest BCUT2D eigenvalue weighted by atomic mass is 10.1. The zero-order chi connectivity index (χ0) is 23.8. The first-order valence-electron chi connectivity index (χ1n) is 10.4. The number of allylic oxidation sites excluding steroid dienone is 2. The molecule has 0 saturated heterocycles. The fourth-order valence-electron chi connectivity index (χ4n) is 3.51. The molecule has 0 aliphatic carbocycles. The Hall–Kier alpha value is -3.68. The van der Waals surface area contributed by atoms with Crippen molar-refractivity contribution in [3.8, 4) is 5.69 Å². The molecule has 7 nitrogen and oxygen atoms in total. The van der Waals surface area contributed by atoms with Crippen LogP contribution in [0.5, 0.6) is 0 Å². The summed E-state index contributed by atoms with van der Waals surface area (Å²) in [7, 11) is 2.03. The Labute approximate surface area is 198 Å². The number of benzene rings is 2. The van der Waals surface area contributed by atoms with Gasteiger partial charge in [0, 0.05) is 44.3 Å². The van der Waals surface area contributed by atoms with E-state index in [0.717, 1.165) is 33.7 Å². The second-order valence-corrected chi connectivity index (χ2v) is 7.95. The van der Waals surface area contributed by atoms with Gasteiger partial charge in [0.15, 0.2) is 0 Å². The molecular formula is C25H27ClN6O. The molecule has 0 spiro atoms. The number of aromatic nitrogens is 2. The Morgan fingerprint density at radius 3 is 2.58 bits per heavy atom. The second kappa shape index (κ2) is 11.3. The van der Waals surface area contributed by atoms with Crippen molar-refractivity contribution in [1.82, 2.24) is 14.8 Å². The molecule has 3 N–H and O–H groups in total. The minimum absolute atomic E-state index is 0.105. The Balaban J connectivity index is 1.67. The lowest BCUT2D eigenvalue weighted by molar-refractivity contribution is -0.129. The molecule has 33 heavy (non-hydrogen) atoms. The summed E-state index contributed by atoms with van der Waals surface area (Å²) in [4.78, 5) is 14.8. The molecule has 0 aliphatic rings. The molecule has 1 heterocycles. The van der Waals surface area contributed by atoms with Crippen molar-refractivity contribution < 1.29 is 4.79 Å². The van der Waals surface area contributed by atoms with E-state index >= 15 is 0 Å². The maximum absolute atomic E-state index is 12.6. The van der Waals surface area contributed by atoms with E-state index in [9.17, 15) is 4.79 Å². The highest BCUT2D eigenvalue weighted by atomic mass is 35.5. The smallest absolute Gasteiger partial charge is 0.241 e. The minimum atomic E-state index is -0.309. The predicted molar refractivity (Wildman–Crippen MR) is 133 cm³/mol. The van der Waals surface area contributed by atoms with Crippen molar-refractivity contribution >= 4 is 29.4 Å². The molecule has 0 radical (unpaired) electrons. The number of rotatable bonds is 10. The maximum atomic E-state index is 12.6. The van der Waals surface area contributed by atoms with Gasteiger partial charge in [0.25, 0.3) is 0 Å². The molecule has 1 amide bonds. The van der Waals surface area contributed by atoms with Gasteiger partial charge in [-0.15, -0.1) is 0 Å². The first-order chi connectivity index (χ1) is 15.9. The Bertz CT molecular complexity index is 1140. The van der Waals surface area contributed by atoms with E-state index in [-0.39, 0.29) is 23.1 Å². The molecule has 0 bridgehead atoms. The van der Waals surface area contributed by atoms with Gasteiger partial charge < -0.3 is 10.3 Å². The summed E-state index contributed by atoms with van der Waals surface area (Å²) >= 11 is 5.91. The molecule has 0 aliphatic heterocycles. The third-order valence-electron chi connectivity index (χ3n) is 5.18. The van der Waals surface area contributed by atoms with Gasteiger partial charge in [0.05, 0.1) is 16.4 Å². The summed E-state index contributed by atoms with van der Waals surface area (Å²) in [6.07, 6.45) is 6.73. The summed E-state index contributed by atoms with van der Waals surface area (Å²) in [5.41, 5.74) is 4.46. The van der Waals surface area contributed by atoms with Crippen LogP contribution in [0.25, 0.3) is 5.69 Å². The molecule has 0 saturated carbocycles. The first-order valence-corrected chi connectivity index (χ1v) is 10.8. The van der Waals surface area contributed by atoms with Gasteiger partial charge >= 0.3 is 0 Å². The maximum Gasteiger partial charge on any atom is 0.241 e. The van der Waals surface area contributed by atoms with E-state index in [1.165, 1.54) is 6.08 Å².